The molecule has 3 N–H and O–H groups in total. The van der Waals surface area contributed by atoms with Gasteiger partial charge in [-0.2, -0.15) is 0 Å². The number of hydrogen-bond donors (Lipinski definition) is 3. The number of H-pyrrole nitrogens is 1. The van der Waals surface area contributed by atoms with Gasteiger partial charge in [0, 0.05) is 6.54 Å². The van der Waals surface area contributed by atoms with E-state index in [0.717, 1.165) is 16.6 Å². The van der Waals surface area contributed by atoms with Crippen molar-refractivity contribution in [2.24, 2.45) is 0 Å². The van der Waals surface area contributed by atoms with Gasteiger partial charge in [0.25, 0.3) is 0 Å². The average molecular weight is 340 g/mol. The van der Waals surface area contributed by atoms with Crippen molar-refractivity contribution in [3.8, 4) is 0 Å². The number of aromatic amines is 1. The molecule has 6 nitrogen and oxygen atoms in total. The fourth-order valence-electron chi connectivity index (χ4n) is 2.12. The second-order valence-electron chi connectivity index (χ2n) is 5.06. The molecule has 7 heteroatoms. The summed E-state index contributed by atoms with van der Waals surface area (Å²) in [4.78, 5) is 31.0. The number of imide groups is 1. The van der Waals surface area contributed by atoms with Crippen molar-refractivity contribution < 1.29 is 9.59 Å². The minimum absolute atomic E-state index is 0.110. The summed E-state index contributed by atoms with van der Waals surface area (Å²) in [6.07, 6.45) is 0. The predicted molar refractivity (Wildman–Crippen MR) is 93.6 cm³/mol. The van der Waals surface area contributed by atoms with E-state index in [9.17, 15) is 9.59 Å². The van der Waals surface area contributed by atoms with Gasteiger partial charge in [0.1, 0.15) is 0 Å². The van der Waals surface area contributed by atoms with Gasteiger partial charge in [0.05, 0.1) is 16.8 Å². The van der Waals surface area contributed by atoms with E-state index in [-0.39, 0.29) is 11.7 Å². The third kappa shape index (κ3) is 4.36. The highest BCUT2D eigenvalue weighted by Crippen LogP contribution is 2.18. The van der Waals surface area contributed by atoms with Crippen LogP contribution < -0.4 is 10.6 Å². The van der Waals surface area contributed by atoms with Gasteiger partial charge in [-0.15, -0.1) is 0 Å². The van der Waals surface area contributed by atoms with Crippen LogP contribution in [0.4, 0.5) is 4.79 Å². The molecule has 3 amide bonds. The van der Waals surface area contributed by atoms with Crippen LogP contribution in [0.2, 0.25) is 0 Å². The van der Waals surface area contributed by atoms with Crippen LogP contribution in [0.5, 0.6) is 0 Å². The maximum absolute atomic E-state index is 11.8. The van der Waals surface area contributed by atoms with E-state index in [1.807, 2.05) is 54.6 Å². The number of nitrogens with zero attached hydrogens (tertiary/aromatic N) is 1. The van der Waals surface area contributed by atoms with E-state index in [0.29, 0.717) is 11.7 Å². The summed E-state index contributed by atoms with van der Waals surface area (Å²) in [5, 5.41) is 5.60. The molecule has 3 aromatic rings. The van der Waals surface area contributed by atoms with Crippen molar-refractivity contribution in [2.75, 3.05) is 5.75 Å². The number of hydrogen-bond acceptors (Lipinski definition) is 4. The molecule has 0 aliphatic heterocycles. The average Bonchev–Trinajstić information content (AvgIpc) is 3.02. The zero-order valence-corrected chi connectivity index (χ0v) is 13.6. The lowest BCUT2D eigenvalue weighted by molar-refractivity contribution is -0.117. The van der Waals surface area contributed by atoms with Crippen LogP contribution in [0.25, 0.3) is 11.0 Å². The standard InChI is InChI=1S/C17H16N4O2S/c22-15(21-16(23)18-10-12-6-2-1-3-7-12)11-24-17-19-13-8-4-5-9-14(13)20-17/h1-9H,10-11H2,(H,19,20)(H2,18,21,22,23). The summed E-state index contributed by atoms with van der Waals surface area (Å²) < 4.78 is 0. The first kappa shape index (κ1) is 16.1. The molecule has 3 rings (SSSR count). The monoisotopic (exact) mass is 340 g/mol. The van der Waals surface area contributed by atoms with E-state index in [4.69, 9.17) is 0 Å². The Kier molecular flexibility index (Phi) is 5.12. The number of nitrogens with one attached hydrogen (secondary N) is 3. The first-order valence-corrected chi connectivity index (χ1v) is 8.38. The zero-order valence-electron chi connectivity index (χ0n) is 12.8. The third-order valence-corrected chi connectivity index (χ3v) is 4.13. The van der Waals surface area contributed by atoms with Gasteiger partial charge in [-0.3, -0.25) is 10.1 Å². The first-order valence-electron chi connectivity index (χ1n) is 7.40. The molecule has 1 aromatic heterocycles. The number of imidazole rings is 1. The minimum Gasteiger partial charge on any atom is -0.334 e. The second kappa shape index (κ2) is 7.65. The summed E-state index contributed by atoms with van der Waals surface area (Å²) in [6, 6.07) is 16.6. The fraction of sp³-hybridized carbons (Fsp3) is 0.118. The number of benzene rings is 2. The molecular formula is C17H16N4O2S. The first-order chi connectivity index (χ1) is 11.7. The van der Waals surface area contributed by atoms with Gasteiger partial charge < -0.3 is 10.3 Å². The number of thioether (sulfide) groups is 1. The van der Waals surface area contributed by atoms with Crippen molar-refractivity contribution in [3.05, 3.63) is 60.2 Å². The van der Waals surface area contributed by atoms with Gasteiger partial charge in [-0.1, -0.05) is 54.2 Å². The molecule has 0 aliphatic carbocycles. The van der Waals surface area contributed by atoms with Crippen molar-refractivity contribution in [1.29, 1.82) is 0 Å². The zero-order chi connectivity index (χ0) is 16.8. The number of carbonyl (C=O) groups is 2. The van der Waals surface area contributed by atoms with Crippen molar-refractivity contribution in [1.82, 2.24) is 20.6 Å². The summed E-state index contributed by atoms with van der Waals surface area (Å²) in [7, 11) is 0. The Labute approximate surface area is 143 Å². The van der Waals surface area contributed by atoms with Crippen LogP contribution in [0, 0.1) is 0 Å². The Balaban J connectivity index is 1.44. The van der Waals surface area contributed by atoms with Crippen molar-refractivity contribution in [3.63, 3.8) is 0 Å². The lowest BCUT2D eigenvalue weighted by Crippen LogP contribution is -2.39. The SMILES string of the molecule is O=C(CSc1nc2ccccc2[nH]1)NC(=O)NCc1ccccc1. The fourth-order valence-corrected chi connectivity index (χ4v) is 2.80. The maximum atomic E-state index is 11.8. The third-order valence-electron chi connectivity index (χ3n) is 3.26. The van der Waals surface area contributed by atoms with Crippen LogP contribution in [0.1, 0.15) is 5.56 Å². The Morgan fingerprint density at radius 1 is 1.04 bits per heavy atom. The smallest absolute Gasteiger partial charge is 0.321 e. The quantitative estimate of drug-likeness (QED) is 0.623. The summed E-state index contributed by atoms with van der Waals surface area (Å²) in [6.45, 7) is 0.372. The van der Waals surface area contributed by atoms with Crippen LogP contribution >= 0.6 is 11.8 Å². The minimum atomic E-state index is -0.506. The highest BCUT2D eigenvalue weighted by Gasteiger charge is 2.10. The largest absolute Gasteiger partial charge is 0.334 e. The molecule has 0 radical (unpaired) electrons. The molecule has 24 heavy (non-hydrogen) atoms. The summed E-state index contributed by atoms with van der Waals surface area (Å²) >= 11 is 1.25. The van der Waals surface area contributed by atoms with Crippen LogP contribution in [-0.4, -0.2) is 27.7 Å². The van der Waals surface area contributed by atoms with Gasteiger partial charge in [-0.05, 0) is 17.7 Å². The normalized spacial score (nSPS) is 10.5. The molecule has 0 fully saturated rings. The molecule has 0 spiro atoms. The maximum Gasteiger partial charge on any atom is 0.321 e. The molecule has 1 heterocycles. The van der Waals surface area contributed by atoms with Crippen LogP contribution in [0.15, 0.2) is 59.8 Å². The molecule has 0 saturated heterocycles. The highest BCUT2D eigenvalue weighted by atomic mass is 32.2. The Morgan fingerprint density at radius 2 is 1.79 bits per heavy atom. The molecule has 122 valence electrons. The number of fused-ring (bicyclic) bond motifs is 1. The van der Waals surface area contributed by atoms with E-state index >= 15 is 0 Å². The second-order valence-corrected chi connectivity index (χ2v) is 6.03. The molecule has 0 saturated carbocycles. The summed E-state index contributed by atoms with van der Waals surface area (Å²) in [5.74, 6) is -0.260. The van der Waals surface area contributed by atoms with Crippen molar-refractivity contribution >= 4 is 34.7 Å². The molecule has 0 unspecified atom stereocenters. The number of amides is 3. The van der Waals surface area contributed by atoms with Crippen molar-refractivity contribution in [2.45, 2.75) is 11.7 Å². The molecule has 0 bridgehead atoms. The lowest BCUT2D eigenvalue weighted by atomic mass is 10.2. The van der Waals surface area contributed by atoms with Gasteiger partial charge in [0.15, 0.2) is 5.16 Å². The van der Waals surface area contributed by atoms with E-state index in [1.165, 1.54) is 11.8 Å². The van der Waals surface area contributed by atoms with E-state index in [2.05, 4.69) is 20.6 Å². The van der Waals surface area contributed by atoms with E-state index in [1.54, 1.807) is 0 Å². The van der Waals surface area contributed by atoms with Crippen LogP contribution in [-0.2, 0) is 11.3 Å². The lowest BCUT2D eigenvalue weighted by Gasteiger charge is -2.06. The van der Waals surface area contributed by atoms with E-state index < -0.39 is 6.03 Å². The Bertz CT molecular complexity index is 815. The Morgan fingerprint density at radius 3 is 2.58 bits per heavy atom. The van der Waals surface area contributed by atoms with Crippen LogP contribution in [0.3, 0.4) is 0 Å². The molecule has 0 atom stereocenters. The van der Waals surface area contributed by atoms with Gasteiger partial charge >= 0.3 is 6.03 Å². The number of urea groups is 1. The van der Waals surface area contributed by atoms with Gasteiger partial charge in [0.2, 0.25) is 5.91 Å². The molecule has 0 aliphatic rings. The molecular weight excluding hydrogens is 324 g/mol. The Hall–Kier alpha value is -2.80. The topological polar surface area (TPSA) is 86.9 Å². The highest BCUT2D eigenvalue weighted by molar-refractivity contribution is 7.99. The predicted octanol–water partition coefficient (Wildman–Crippen LogP) is 2.68. The number of carbonyl (C=O) groups excluding carboxylic acids is 2. The molecule has 2 aromatic carbocycles. The number of para-hydroxylation sites is 2. The number of aromatic nitrogens is 2. The number of rotatable bonds is 5. The van der Waals surface area contributed by atoms with Gasteiger partial charge in [-0.25, -0.2) is 9.78 Å². The summed E-state index contributed by atoms with van der Waals surface area (Å²) in [5.41, 5.74) is 2.73.